The first-order valence-corrected chi connectivity index (χ1v) is 8.70. The van der Waals surface area contributed by atoms with Gasteiger partial charge in [0.25, 0.3) is 5.91 Å². The predicted octanol–water partition coefficient (Wildman–Crippen LogP) is 1.87. The molecular formula is C18H23N5O. The minimum Gasteiger partial charge on any atom is -0.339 e. The summed E-state index contributed by atoms with van der Waals surface area (Å²) in [5.41, 5.74) is 1.16. The lowest BCUT2D eigenvalue weighted by Gasteiger charge is -2.44. The van der Waals surface area contributed by atoms with Crippen LogP contribution in [0.25, 0.3) is 5.82 Å². The molecule has 1 amide bonds. The van der Waals surface area contributed by atoms with Crippen molar-refractivity contribution in [2.45, 2.75) is 25.7 Å². The lowest BCUT2D eigenvalue weighted by molar-refractivity contribution is 0.0495. The fraction of sp³-hybridized carbons (Fsp3) is 0.500. The van der Waals surface area contributed by atoms with E-state index in [4.69, 9.17) is 0 Å². The van der Waals surface area contributed by atoms with Gasteiger partial charge in [0, 0.05) is 37.2 Å². The van der Waals surface area contributed by atoms with Crippen molar-refractivity contribution >= 4 is 5.91 Å². The predicted molar refractivity (Wildman–Crippen MR) is 91.0 cm³/mol. The number of aromatic nitrogens is 3. The van der Waals surface area contributed by atoms with Gasteiger partial charge in [0.1, 0.15) is 12.1 Å². The number of hydrogen-bond acceptors (Lipinski definition) is 4. The smallest absolute Gasteiger partial charge is 0.254 e. The SMILES string of the molecule is O=C(c1ccnc(-n2ccnc2)c1)N1CCC2(CCNCC2)CC1. The molecule has 126 valence electrons. The Kier molecular flexibility index (Phi) is 4.06. The molecule has 0 unspecified atom stereocenters. The highest BCUT2D eigenvalue weighted by molar-refractivity contribution is 5.94. The highest BCUT2D eigenvalue weighted by atomic mass is 16.2. The number of likely N-dealkylation sites (tertiary alicyclic amines) is 1. The van der Waals surface area contributed by atoms with E-state index in [0.717, 1.165) is 44.8 Å². The third kappa shape index (κ3) is 2.94. The van der Waals surface area contributed by atoms with Crippen LogP contribution in [0.1, 0.15) is 36.0 Å². The maximum Gasteiger partial charge on any atom is 0.254 e. The second-order valence-electron chi connectivity index (χ2n) is 6.91. The van der Waals surface area contributed by atoms with E-state index < -0.39 is 0 Å². The molecule has 1 N–H and O–H groups in total. The van der Waals surface area contributed by atoms with E-state index >= 15 is 0 Å². The van der Waals surface area contributed by atoms with Gasteiger partial charge in [-0.05, 0) is 56.3 Å². The van der Waals surface area contributed by atoms with Gasteiger partial charge in [-0.25, -0.2) is 9.97 Å². The molecule has 2 saturated heterocycles. The summed E-state index contributed by atoms with van der Waals surface area (Å²) in [5, 5.41) is 3.44. The summed E-state index contributed by atoms with van der Waals surface area (Å²) in [6, 6.07) is 3.65. The Hall–Kier alpha value is -2.21. The van der Waals surface area contributed by atoms with Crippen molar-refractivity contribution in [3.63, 3.8) is 0 Å². The number of carbonyl (C=O) groups excluding carboxylic acids is 1. The zero-order valence-corrected chi connectivity index (χ0v) is 13.8. The van der Waals surface area contributed by atoms with E-state index in [9.17, 15) is 4.79 Å². The Labute approximate surface area is 141 Å². The number of amides is 1. The molecule has 2 aromatic heterocycles. The number of piperidine rings is 2. The van der Waals surface area contributed by atoms with E-state index in [0.29, 0.717) is 11.0 Å². The lowest BCUT2D eigenvalue weighted by Crippen LogP contribution is -2.47. The molecule has 0 atom stereocenters. The Bertz CT molecular complexity index is 696. The summed E-state index contributed by atoms with van der Waals surface area (Å²) in [4.78, 5) is 23.2. The van der Waals surface area contributed by atoms with Gasteiger partial charge >= 0.3 is 0 Å². The third-order valence-electron chi connectivity index (χ3n) is 5.54. The van der Waals surface area contributed by atoms with Crippen molar-refractivity contribution in [2.75, 3.05) is 26.2 Å². The van der Waals surface area contributed by atoms with Gasteiger partial charge < -0.3 is 10.2 Å². The van der Waals surface area contributed by atoms with E-state index in [-0.39, 0.29) is 5.91 Å². The number of rotatable bonds is 2. The molecule has 2 fully saturated rings. The number of nitrogens with zero attached hydrogens (tertiary/aromatic N) is 4. The van der Waals surface area contributed by atoms with Crippen LogP contribution >= 0.6 is 0 Å². The van der Waals surface area contributed by atoms with Gasteiger partial charge in [-0.15, -0.1) is 0 Å². The summed E-state index contributed by atoms with van der Waals surface area (Å²) in [7, 11) is 0. The van der Waals surface area contributed by atoms with Gasteiger partial charge in [-0.1, -0.05) is 0 Å². The standard InChI is InChI=1S/C18H23N5O/c24-17(15-1-6-21-16(13-15)23-12-9-20-14-23)22-10-4-18(5-11-22)2-7-19-8-3-18/h1,6,9,12-14,19H,2-5,7-8,10-11H2. The van der Waals surface area contributed by atoms with Crippen molar-refractivity contribution in [3.8, 4) is 5.82 Å². The largest absolute Gasteiger partial charge is 0.339 e. The van der Waals surface area contributed by atoms with Crippen LogP contribution in [0.3, 0.4) is 0 Å². The van der Waals surface area contributed by atoms with Crippen LogP contribution < -0.4 is 5.32 Å². The third-order valence-corrected chi connectivity index (χ3v) is 5.54. The molecule has 2 aliphatic heterocycles. The fourth-order valence-electron chi connectivity index (χ4n) is 3.91. The van der Waals surface area contributed by atoms with Gasteiger partial charge in [0.15, 0.2) is 0 Å². The molecule has 2 aromatic rings. The maximum absolute atomic E-state index is 12.9. The Morgan fingerprint density at radius 3 is 2.62 bits per heavy atom. The van der Waals surface area contributed by atoms with Gasteiger partial charge in [0.2, 0.25) is 0 Å². The molecule has 4 rings (SSSR count). The second-order valence-corrected chi connectivity index (χ2v) is 6.91. The zero-order valence-electron chi connectivity index (χ0n) is 13.8. The molecule has 0 radical (unpaired) electrons. The van der Waals surface area contributed by atoms with Crippen LogP contribution in [-0.4, -0.2) is 51.5 Å². The topological polar surface area (TPSA) is 63.1 Å². The van der Waals surface area contributed by atoms with Crippen LogP contribution in [0.5, 0.6) is 0 Å². The first-order chi connectivity index (χ1) is 11.8. The molecule has 2 aliphatic rings. The van der Waals surface area contributed by atoms with E-state index in [1.807, 2.05) is 21.7 Å². The summed E-state index contributed by atoms with van der Waals surface area (Å²) < 4.78 is 1.82. The van der Waals surface area contributed by atoms with Gasteiger partial charge in [-0.3, -0.25) is 9.36 Å². The zero-order chi connectivity index (χ0) is 16.4. The average Bonchev–Trinajstić information content (AvgIpc) is 3.17. The molecule has 0 aromatic carbocycles. The summed E-state index contributed by atoms with van der Waals surface area (Å²) in [5.74, 6) is 0.840. The summed E-state index contributed by atoms with van der Waals surface area (Å²) in [6.45, 7) is 3.96. The van der Waals surface area contributed by atoms with Gasteiger partial charge in [-0.2, -0.15) is 0 Å². The molecule has 0 aliphatic carbocycles. The van der Waals surface area contributed by atoms with E-state index in [1.165, 1.54) is 12.8 Å². The molecule has 0 bridgehead atoms. The molecule has 0 saturated carbocycles. The highest BCUT2D eigenvalue weighted by Gasteiger charge is 2.36. The summed E-state index contributed by atoms with van der Waals surface area (Å²) >= 11 is 0. The highest BCUT2D eigenvalue weighted by Crippen LogP contribution is 2.39. The van der Waals surface area contributed by atoms with Crippen LogP contribution in [0, 0.1) is 5.41 Å². The number of nitrogens with one attached hydrogen (secondary N) is 1. The molecule has 4 heterocycles. The molecule has 1 spiro atoms. The number of carbonyl (C=O) groups is 1. The minimum absolute atomic E-state index is 0.113. The minimum atomic E-state index is 0.113. The lowest BCUT2D eigenvalue weighted by atomic mass is 9.71. The molecule has 24 heavy (non-hydrogen) atoms. The van der Waals surface area contributed by atoms with Crippen molar-refractivity contribution in [3.05, 3.63) is 42.6 Å². The summed E-state index contributed by atoms with van der Waals surface area (Å²) in [6.07, 6.45) is 11.7. The van der Waals surface area contributed by atoms with E-state index in [2.05, 4.69) is 15.3 Å². The maximum atomic E-state index is 12.9. The quantitative estimate of drug-likeness (QED) is 0.916. The normalized spacial score (nSPS) is 20.2. The first-order valence-electron chi connectivity index (χ1n) is 8.70. The number of imidazole rings is 1. The fourth-order valence-corrected chi connectivity index (χ4v) is 3.91. The van der Waals surface area contributed by atoms with E-state index in [1.54, 1.807) is 24.8 Å². The van der Waals surface area contributed by atoms with Crippen molar-refractivity contribution in [1.29, 1.82) is 0 Å². The Morgan fingerprint density at radius 1 is 1.12 bits per heavy atom. The van der Waals surface area contributed by atoms with Crippen LogP contribution in [0.2, 0.25) is 0 Å². The van der Waals surface area contributed by atoms with Crippen LogP contribution in [-0.2, 0) is 0 Å². The average molecular weight is 325 g/mol. The molecular weight excluding hydrogens is 302 g/mol. The number of pyridine rings is 1. The van der Waals surface area contributed by atoms with Crippen molar-refractivity contribution in [1.82, 2.24) is 24.8 Å². The molecule has 6 nitrogen and oxygen atoms in total. The van der Waals surface area contributed by atoms with Crippen molar-refractivity contribution in [2.24, 2.45) is 5.41 Å². The van der Waals surface area contributed by atoms with Crippen molar-refractivity contribution < 1.29 is 4.79 Å². The van der Waals surface area contributed by atoms with Crippen LogP contribution in [0.15, 0.2) is 37.1 Å². The van der Waals surface area contributed by atoms with Gasteiger partial charge in [0.05, 0.1) is 0 Å². The monoisotopic (exact) mass is 325 g/mol. The molecule has 6 heteroatoms. The Balaban J connectivity index is 1.46. The van der Waals surface area contributed by atoms with Crippen LogP contribution in [0.4, 0.5) is 0 Å². The number of hydrogen-bond donors (Lipinski definition) is 1. The first kappa shape index (κ1) is 15.3. The Morgan fingerprint density at radius 2 is 1.92 bits per heavy atom. The second kappa shape index (κ2) is 6.36.